The molecule has 0 saturated carbocycles. The largest absolute Gasteiger partial charge is 0.461 e. The molecule has 14 unspecified atom stereocenters. The molecule has 0 amide bonds. The van der Waals surface area contributed by atoms with Gasteiger partial charge in [-0.2, -0.15) is 10.2 Å². The summed E-state index contributed by atoms with van der Waals surface area (Å²) in [6.45, 7) is 18.1. The fourth-order valence-corrected chi connectivity index (χ4v) is 9.57. The molecule has 2 fully saturated rings. The number of carbonyl (C=O) groups excluding carboxylic acids is 2. The molecule has 14 heteroatoms. The van der Waals surface area contributed by atoms with Gasteiger partial charge in [0.1, 0.15) is 23.9 Å². The molecule has 4 rings (SSSR count). The number of cyclic esters (lactones) is 1. The van der Waals surface area contributed by atoms with E-state index in [4.69, 9.17) is 28.8 Å². The van der Waals surface area contributed by atoms with Gasteiger partial charge in [-0.1, -0.05) is 65.0 Å². The highest BCUT2D eigenvalue weighted by Gasteiger charge is 2.52. The van der Waals surface area contributed by atoms with Crippen molar-refractivity contribution in [3.05, 3.63) is 57.8 Å². The molecule has 3 heterocycles. The Bertz CT molecular complexity index is 1750. The Morgan fingerprint density at radius 2 is 1.67 bits per heavy atom. The third-order valence-electron chi connectivity index (χ3n) is 12.8. The Morgan fingerprint density at radius 3 is 2.23 bits per heavy atom. The smallest absolute Gasteiger partial charge is 0.312 e. The minimum Gasteiger partial charge on any atom is -0.461 e. The Hall–Kier alpha value is -3.08. The molecule has 13 nitrogen and oxygen atoms in total. The van der Waals surface area contributed by atoms with Crippen LogP contribution in [-0.2, 0) is 46.1 Å². The van der Waals surface area contributed by atoms with Crippen molar-refractivity contribution in [1.29, 1.82) is 0 Å². The average Bonchev–Trinajstić information content (AvgIpc) is 3.76. The van der Waals surface area contributed by atoms with Gasteiger partial charge in [-0.3, -0.25) is 9.59 Å². The number of aryl methyl sites for hydroxylation is 1. The molecular formula is C46H71N3O10S. The van der Waals surface area contributed by atoms with Gasteiger partial charge in [0, 0.05) is 30.7 Å². The van der Waals surface area contributed by atoms with Crippen molar-refractivity contribution in [2.75, 3.05) is 21.2 Å². The van der Waals surface area contributed by atoms with Crippen molar-refractivity contribution in [1.82, 2.24) is 4.90 Å². The summed E-state index contributed by atoms with van der Waals surface area (Å²) in [5.74, 6) is -4.36. The van der Waals surface area contributed by atoms with E-state index in [0.717, 1.165) is 22.4 Å². The van der Waals surface area contributed by atoms with Gasteiger partial charge >= 0.3 is 11.9 Å². The van der Waals surface area contributed by atoms with Crippen LogP contribution in [0.15, 0.2) is 52.0 Å². The van der Waals surface area contributed by atoms with Crippen LogP contribution in [0.3, 0.4) is 0 Å². The molecule has 14 atom stereocenters. The summed E-state index contributed by atoms with van der Waals surface area (Å²) in [4.78, 5) is 31.2. The first kappa shape index (κ1) is 49.6. The normalized spacial score (nSPS) is 37.1. The highest BCUT2D eigenvalue weighted by molar-refractivity contribution is 7.12. The first-order valence-electron chi connectivity index (χ1n) is 21.4. The van der Waals surface area contributed by atoms with E-state index in [1.54, 1.807) is 27.9 Å². The predicted molar refractivity (Wildman–Crippen MR) is 234 cm³/mol. The molecule has 2 aromatic rings. The highest BCUT2D eigenvalue weighted by atomic mass is 32.1. The molecule has 2 aliphatic rings. The Labute approximate surface area is 361 Å². The van der Waals surface area contributed by atoms with Gasteiger partial charge in [-0.15, -0.1) is 11.3 Å². The minimum atomic E-state index is -1.92. The van der Waals surface area contributed by atoms with Crippen LogP contribution in [0.5, 0.6) is 0 Å². The summed E-state index contributed by atoms with van der Waals surface area (Å²) >= 11 is 1.53. The second-order valence-corrected chi connectivity index (χ2v) is 18.6. The molecule has 2 saturated heterocycles. The van der Waals surface area contributed by atoms with Crippen LogP contribution in [0, 0.1) is 23.7 Å². The third kappa shape index (κ3) is 11.7. The molecule has 0 spiro atoms. The van der Waals surface area contributed by atoms with Gasteiger partial charge < -0.3 is 43.9 Å². The number of carbonyl (C=O) groups is 2. The van der Waals surface area contributed by atoms with E-state index < -0.39 is 83.6 Å². The standard InChI is InChI=1S/C46H71N3O10S/c1-14-32-18-20-33(21-19-32)24-37(50)58-40-29(6)42(59-44-39(51)34(49(11)12)23-27(4)56-44)45(9,55-13)25-26(3)38(48-47-31(8)35-17-16-22-60-35)28(5)41(52)46(10,54)36(15-2)57-43(53)30(40)7/h16-22,26-30,34,36,39-42,44,51-52,54H,14-15,23-25H2,1-13H3. The topological polar surface area (TPSA) is 169 Å². The van der Waals surface area contributed by atoms with Gasteiger partial charge in [0.15, 0.2) is 6.29 Å². The monoisotopic (exact) mass is 857 g/mol. The first-order chi connectivity index (χ1) is 28.2. The number of nitrogens with zero attached hydrogens (tertiary/aromatic N) is 3. The van der Waals surface area contributed by atoms with Crippen molar-refractivity contribution in [3.8, 4) is 0 Å². The van der Waals surface area contributed by atoms with Crippen molar-refractivity contribution in [2.24, 2.45) is 33.9 Å². The molecule has 2 aliphatic heterocycles. The Balaban J connectivity index is 1.90. The van der Waals surface area contributed by atoms with E-state index in [2.05, 4.69) is 12.0 Å². The minimum absolute atomic E-state index is 0.0484. The predicted octanol–water partition coefficient (Wildman–Crippen LogP) is 6.23. The number of benzene rings is 1. The van der Waals surface area contributed by atoms with Crippen LogP contribution in [0.25, 0.3) is 0 Å². The number of aliphatic hydroxyl groups excluding tert-OH is 2. The van der Waals surface area contributed by atoms with E-state index in [0.29, 0.717) is 17.8 Å². The zero-order chi connectivity index (χ0) is 44.7. The molecule has 0 bridgehead atoms. The lowest BCUT2D eigenvalue weighted by atomic mass is 9.73. The zero-order valence-corrected chi connectivity index (χ0v) is 38.8. The summed E-state index contributed by atoms with van der Waals surface area (Å²) < 4.78 is 32.1. The van der Waals surface area contributed by atoms with Gasteiger partial charge in [-0.05, 0) is 103 Å². The number of rotatable bonds is 11. The highest BCUT2D eigenvalue weighted by Crippen LogP contribution is 2.40. The van der Waals surface area contributed by atoms with Crippen LogP contribution in [-0.4, -0.2) is 125 Å². The molecular weight excluding hydrogens is 787 g/mol. The van der Waals surface area contributed by atoms with Crippen LogP contribution in [0.2, 0.25) is 0 Å². The number of likely N-dealkylation sites (N-methyl/N-ethyl adjacent to an activating group) is 1. The summed E-state index contributed by atoms with van der Waals surface area (Å²) in [6.07, 6.45) is -5.35. The van der Waals surface area contributed by atoms with Crippen LogP contribution in [0.4, 0.5) is 0 Å². The fourth-order valence-electron chi connectivity index (χ4n) is 8.90. The molecule has 60 heavy (non-hydrogen) atoms. The lowest BCUT2D eigenvalue weighted by Crippen LogP contribution is -2.60. The van der Waals surface area contributed by atoms with Crippen molar-refractivity contribution < 1.29 is 48.6 Å². The maximum atomic E-state index is 14.4. The van der Waals surface area contributed by atoms with E-state index in [1.165, 1.54) is 18.3 Å². The SMILES string of the molecule is CCc1ccc(CC(=O)OC2C(C)C(=O)OC(CC)C(C)(O)C(O)C(C)C(=NN=C(C)c3cccs3)C(C)CC(C)(OC)C(OC3OC(C)CC(N(C)C)C3O)C2C)cc1. The van der Waals surface area contributed by atoms with Crippen molar-refractivity contribution in [3.63, 3.8) is 0 Å². The number of esters is 2. The third-order valence-corrected chi connectivity index (χ3v) is 13.7. The van der Waals surface area contributed by atoms with Crippen molar-refractivity contribution in [2.45, 2.75) is 161 Å². The molecule has 3 N–H and O–H groups in total. The number of ether oxygens (including phenoxy) is 5. The van der Waals surface area contributed by atoms with E-state index in [9.17, 15) is 24.9 Å². The average molecular weight is 858 g/mol. The zero-order valence-electron chi connectivity index (χ0n) is 38.0. The number of thiophene rings is 1. The molecule has 1 aromatic carbocycles. The van der Waals surface area contributed by atoms with E-state index >= 15 is 0 Å². The molecule has 336 valence electrons. The van der Waals surface area contributed by atoms with Gasteiger partial charge in [0.05, 0.1) is 46.8 Å². The molecule has 1 aromatic heterocycles. The number of hydrogen-bond donors (Lipinski definition) is 3. The number of methoxy groups -OCH3 is 1. The maximum Gasteiger partial charge on any atom is 0.312 e. The molecule has 0 radical (unpaired) electrons. The second-order valence-electron chi connectivity index (χ2n) is 17.7. The summed E-state index contributed by atoms with van der Waals surface area (Å²) in [5, 5.41) is 47.2. The lowest BCUT2D eigenvalue weighted by Gasteiger charge is -2.48. The maximum absolute atomic E-state index is 14.4. The second kappa shape index (κ2) is 21.3. The summed E-state index contributed by atoms with van der Waals surface area (Å²) in [7, 11) is 5.35. The lowest BCUT2D eigenvalue weighted by molar-refractivity contribution is -0.301. The summed E-state index contributed by atoms with van der Waals surface area (Å²) in [5.41, 5.74) is -0.110. The number of hydrogen-bond acceptors (Lipinski definition) is 14. The van der Waals surface area contributed by atoms with E-state index in [-0.39, 0.29) is 31.4 Å². The van der Waals surface area contributed by atoms with E-state index in [1.807, 2.05) is 95.4 Å². The fraction of sp³-hybridized carbons (Fsp3) is 0.696. The van der Waals surface area contributed by atoms with Crippen LogP contribution < -0.4 is 0 Å². The number of aliphatic hydroxyl groups is 3. The molecule has 0 aliphatic carbocycles. The Kier molecular flexibility index (Phi) is 17.6. The van der Waals surface area contributed by atoms with Crippen molar-refractivity contribution >= 4 is 34.7 Å². The van der Waals surface area contributed by atoms with Crippen LogP contribution in [0.1, 0.15) is 105 Å². The Morgan fingerprint density at radius 1 is 1.02 bits per heavy atom. The van der Waals surface area contributed by atoms with Crippen LogP contribution >= 0.6 is 11.3 Å². The summed E-state index contributed by atoms with van der Waals surface area (Å²) in [6, 6.07) is 11.3. The van der Waals surface area contributed by atoms with Gasteiger partial charge in [-0.25, -0.2) is 0 Å². The van der Waals surface area contributed by atoms with Gasteiger partial charge in [0.2, 0.25) is 0 Å². The van der Waals surface area contributed by atoms with Gasteiger partial charge in [0.25, 0.3) is 0 Å². The first-order valence-corrected chi connectivity index (χ1v) is 22.3. The quantitative estimate of drug-likeness (QED) is 0.133.